The van der Waals surface area contributed by atoms with Crippen LogP contribution in [0.4, 0.5) is 4.79 Å². The lowest BCUT2D eigenvalue weighted by molar-refractivity contribution is -0.255. The van der Waals surface area contributed by atoms with Gasteiger partial charge in [-0.05, 0) is 85.3 Å². The first-order valence-electron chi connectivity index (χ1n) is 19.8. The number of hydrogen-bond donors (Lipinski definition) is 2. The molecule has 1 fully saturated rings. The Balaban J connectivity index is 1.75. The zero-order valence-corrected chi connectivity index (χ0v) is 33.2. The number of rotatable bonds is 19. The van der Waals surface area contributed by atoms with Gasteiger partial charge in [0.25, 0.3) is 0 Å². The summed E-state index contributed by atoms with van der Waals surface area (Å²) in [4.78, 5) is 33.1. The van der Waals surface area contributed by atoms with Gasteiger partial charge in [-0.3, -0.25) is 9.69 Å². The van der Waals surface area contributed by atoms with Crippen molar-refractivity contribution in [2.75, 3.05) is 40.1 Å². The summed E-state index contributed by atoms with van der Waals surface area (Å²) in [5.41, 5.74) is 2.88. The number of aliphatic hydroxyl groups excluding tert-OH is 2. The fourth-order valence-corrected chi connectivity index (χ4v) is 8.59. The maximum atomic E-state index is 14.2. The Morgan fingerprint density at radius 3 is 2.49 bits per heavy atom. The number of oxime groups is 1. The van der Waals surface area contributed by atoms with Crippen molar-refractivity contribution in [3.05, 3.63) is 77.9 Å². The van der Waals surface area contributed by atoms with Crippen LogP contribution in [0.15, 0.2) is 71.9 Å². The predicted octanol–water partition coefficient (Wildman–Crippen LogP) is 8.45. The van der Waals surface area contributed by atoms with Gasteiger partial charge in [0.1, 0.15) is 36.7 Å². The van der Waals surface area contributed by atoms with Crippen LogP contribution in [0.5, 0.6) is 17.2 Å². The van der Waals surface area contributed by atoms with Gasteiger partial charge in [-0.25, -0.2) is 4.79 Å². The first kappa shape index (κ1) is 42.0. The first-order chi connectivity index (χ1) is 26.5. The fourth-order valence-electron chi connectivity index (χ4n) is 8.59. The maximum absolute atomic E-state index is 14.2. The van der Waals surface area contributed by atoms with Crippen molar-refractivity contribution in [2.24, 2.45) is 28.3 Å². The average molecular weight is 761 g/mol. The van der Waals surface area contributed by atoms with E-state index in [2.05, 4.69) is 17.8 Å². The van der Waals surface area contributed by atoms with E-state index in [1.165, 1.54) is 7.11 Å². The number of ether oxygens (including phenoxy) is 4. The van der Waals surface area contributed by atoms with Crippen molar-refractivity contribution in [3.63, 3.8) is 0 Å². The molecule has 0 radical (unpaired) electrons. The van der Waals surface area contributed by atoms with E-state index in [4.69, 9.17) is 23.8 Å². The fraction of sp³-hybridized carbons (Fsp3) is 0.568. The number of benzene rings is 2. The van der Waals surface area contributed by atoms with Crippen LogP contribution in [-0.4, -0.2) is 85.1 Å². The molecule has 2 aromatic rings. The SMILES string of the molecule is C=CCOC12Oc3ccc(Oc4cccc(C=O)c4)cc3C3C(CCCCO)C(CCCCO)C=C(C(=NOC)CC1N(CCC)C(=O)OCC(C)(C)C)C32. The first-order valence-corrected chi connectivity index (χ1v) is 19.8. The quantitative estimate of drug-likeness (QED) is 0.0626. The Labute approximate surface area is 326 Å². The van der Waals surface area contributed by atoms with Crippen LogP contribution in [-0.2, 0) is 14.3 Å². The summed E-state index contributed by atoms with van der Waals surface area (Å²) in [6.45, 7) is 13.1. The van der Waals surface area contributed by atoms with Gasteiger partial charge < -0.3 is 34.0 Å². The monoisotopic (exact) mass is 760 g/mol. The Morgan fingerprint density at radius 2 is 1.82 bits per heavy atom. The summed E-state index contributed by atoms with van der Waals surface area (Å²) in [5.74, 6) is -0.0997. The smallest absolute Gasteiger partial charge is 0.410 e. The molecule has 0 bridgehead atoms. The molecule has 1 aliphatic heterocycles. The number of amides is 1. The van der Waals surface area contributed by atoms with E-state index in [0.717, 1.165) is 48.8 Å². The summed E-state index contributed by atoms with van der Waals surface area (Å²) >= 11 is 0. The van der Waals surface area contributed by atoms with Crippen LogP contribution >= 0.6 is 0 Å². The summed E-state index contributed by atoms with van der Waals surface area (Å²) in [6.07, 6.45) is 9.96. The zero-order chi connectivity index (χ0) is 39.6. The molecule has 0 spiro atoms. The predicted molar refractivity (Wildman–Crippen MR) is 212 cm³/mol. The third kappa shape index (κ3) is 9.62. The van der Waals surface area contributed by atoms with Crippen LogP contribution < -0.4 is 9.47 Å². The Morgan fingerprint density at radius 1 is 1.07 bits per heavy atom. The van der Waals surface area contributed by atoms with Gasteiger partial charge >= 0.3 is 6.09 Å². The summed E-state index contributed by atoms with van der Waals surface area (Å²) in [7, 11) is 1.53. The number of hydrogen-bond acceptors (Lipinski definition) is 10. The number of allylic oxidation sites excluding steroid dienone is 1. The molecular formula is C44H60N2O9. The second-order valence-electron chi connectivity index (χ2n) is 16.1. The highest BCUT2D eigenvalue weighted by atomic mass is 16.7. The van der Waals surface area contributed by atoms with Gasteiger partial charge in [-0.1, -0.05) is 70.0 Å². The molecule has 1 amide bonds. The molecule has 3 aliphatic rings. The molecule has 300 valence electrons. The van der Waals surface area contributed by atoms with Crippen molar-refractivity contribution >= 4 is 18.1 Å². The van der Waals surface area contributed by atoms with Crippen LogP contribution in [0.3, 0.4) is 0 Å². The van der Waals surface area contributed by atoms with Gasteiger partial charge in [0.05, 0.1) is 24.8 Å². The zero-order valence-electron chi connectivity index (χ0n) is 33.2. The minimum Gasteiger partial charge on any atom is -0.459 e. The average Bonchev–Trinajstić information content (AvgIpc) is 3.17. The van der Waals surface area contributed by atoms with E-state index >= 15 is 0 Å². The van der Waals surface area contributed by atoms with Crippen molar-refractivity contribution in [2.45, 2.75) is 96.8 Å². The van der Waals surface area contributed by atoms with E-state index in [9.17, 15) is 19.8 Å². The van der Waals surface area contributed by atoms with Gasteiger partial charge in [0.15, 0.2) is 0 Å². The number of aldehydes is 1. The number of carbonyl (C=O) groups excluding carboxylic acids is 2. The molecule has 6 atom stereocenters. The highest BCUT2D eigenvalue weighted by Gasteiger charge is 2.65. The molecule has 2 N–H and O–H groups in total. The molecule has 2 aliphatic carbocycles. The molecule has 55 heavy (non-hydrogen) atoms. The lowest BCUT2D eigenvalue weighted by Crippen LogP contribution is -2.70. The number of carbonyl (C=O) groups is 2. The van der Waals surface area contributed by atoms with Crippen LogP contribution in [0.2, 0.25) is 0 Å². The van der Waals surface area contributed by atoms with Crippen molar-refractivity contribution in [1.82, 2.24) is 4.90 Å². The molecule has 11 heteroatoms. The summed E-state index contributed by atoms with van der Waals surface area (Å²) in [5, 5.41) is 24.3. The number of nitrogens with zero attached hydrogens (tertiary/aromatic N) is 2. The highest BCUT2D eigenvalue weighted by molar-refractivity contribution is 6.03. The van der Waals surface area contributed by atoms with Crippen molar-refractivity contribution < 1.29 is 43.6 Å². The molecule has 1 heterocycles. The molecule has 5 rings (SSSR count). The van der Waals surface area contributed by atoms with Crippen LogP contribution in [0.1, 0.15) is 101 Å². The van der Waals surface area contributed by atoms with Crippen molar-refractivity contribution in [3.8, 4) is 17.2 Å². The van der Waals surface area contributed by atoms with Crippen molar-refractivity contribution in [1.29, 1.82) is 0 Å². The van der Waals surface area contributed by atoms with E-state index in [-0.39, 0.29) is 49.6 Å². The van der Waals surface area contributed by atoms with Crippen LogP contribution in [0.25, 0.3) is 0 Å². The number of fused-ring (bicyclic) bond motifs is 2. The molecule has 6 unspecified atom stereocenters. The highest BCUT2D eigenvalue weighted by Crippen LogP contribution is 2.62. The summed E-state index contributed by atoms with van der Waals surface area (Å²) in [6, 6.07) is 12.2. The third-order valence-corrected chi connectivity index (χ3v) is 10.8. The maximum Gasteiger partial charge on any atom is 0.410 e. The minimum atomic E-state index is -1.37. The largest absolute Gasteiger partial charge is 0.459 e. The van der Waals surface area contributed by atoms with Crippen LogP contribution in [0, 0.1) is 23.2 Å². The second kappa shape index (κ2) is 19.1. The molecule has 11 nitrogen and oxygen atoms in total. The van der Waals surface area contributed by atoms with Gasteiger partial charge in [0.2, 0.25) is 5.79 Å². The lowest BCUT2D eigenvalue weighted by atomic mass is 9.55. The van der Waals surface area contributed by atoms with E-state index in [1.54, 1.807) is 29.2 Å². The van der Waals surface area contributed by atoms with Gasteiger partial charge in [-0.2, -0.15) is 0 Å². The Kier molecular flexibility index (Phi) is 14.6. The standard InChI is InChI=1S/C44H60N2O9/c1-7-20-46(42(50)52-29-43(3,4)5)39-27-37(45-51-6)35-25-31(15-9-11-21-47)34(17-10-12-22-48)40-36-26-33(54-32-16-13-14-30(24-32)28-49)18-19-38(36)55-44(39,41(35)40)53-23-8-2/h8,13-14,16,18-19,24-26,28,31,34,39-41,47-48H,2,7,9-12,15,17,20-23,27,29H2,1,3-6H3. The molecule has 0 aromatic heterocycles. The Bertz CT molecular complexity index is 1680. The van der Waals surface area contributed by atoms with Gasteiger partial charge in [-0.15, -0.1) is 6.58 Å². The Hall–Kier alpha value is -4.19. The number of aliphatic hydroxyl groups is 2. The van der Waals surface area contributed by atoms with E-state index in [1.807, 2.05) is 52.0 Å². The topological polar surface area (TPSA) is 136 Å². The second-order valence-corrected chi connectivity index (χ2v) is 16.1. The van der Waals surface area contributed by atoms with E-state index in [0.29, 0.717) is 55.0 Å². The summed E-state index contributed by atoms with van der Waals surface area (Å²) < 4.78 is 26.6. The lowest BCUT2D eigenvalue weighted by Gasteiger charge is -2.60. The molecule has 2 aromatic carbocycles. The van der Waals surface area contributed by atoms with E-state index < -0.39 is 23.8 Å². The normalized spacial score (nSPS) is 24.8. The molecular weight excluding hydrogens is 700 g/mol. The molecule has 1 saturated carbocycles. The molecule has 0 saturated heterocycles. The third-order valence-electron chi connectivity index (χ3n) is 10.8. The number of unbranched alkanes of at least 4 members (excludes halogenated alkanes) is 2. The minimum absolute atomic E-state index is 0.0667. The van der Waals surface area contributed by atoms with Gasteiger partial charge in [0, 0.05) is 43.2 Å².